The van der Waals surface area contributed by atoms with Gasteiger partial charge in [0.25, 0.3) is 11.8 Å². The number of nitrogens with one attached hydrogen (secondary N) is 3. The van der Waals surface area contributed by atoms with Crippen molar-refractivity contribution in [2.75, 3.05) is 11.9 Å². The Bertz CT molecular complexity index is 1490. The monoisotopic (exact) mass is 730 g/mol. The van der Waals surface area contributed by atoms with Crippen LogP contribution in [0.2, 0.25) is 0 Å². The molecule has 286 valence electrons. The first-order valence-electron chi connectivity index (χ1n) is 17.6. The number of ether oxygens (including phenoxy) is 2. The molecular formula is C36H50N4O12. The number of carbonyl (C=O) groups excluding carboxylic acids is 6. The summed E-state index contributed by atoms with van der Waals surface area (Å²) in [5, 5.41) is 37.7. The molecular weight excluding hydrogens is 680 g/mol. The van der Waals surface area contributed by atoms with Gasteiger partial charge in [-0.3, -0.25) is 33.7 Å². The van der Waals surface area contributed by atoms with E-state index in [-0.39, 0.29) is 62.5 Å². The number of anilines is 1. The van der Waals surface area contributed by atoms with E-state index >= 15 is 0 Å². The maximum absolute atomic E-state index is 13.2. The number of aryl methyl sites for hydroxylation is 1. The predicted octanol–water partition coefficient (Wildman–Crippen LogP) is 1.11. The van der Waals surface area contributed by atoms with Gasteiger partial charge < -0.3 is 40.7 Å². The SMILES string of the molecule is CCC(=O)OCc1ccc(NC(=O)[C@H](C)NC(=O)[C@@H](NC(=O)CCCCCN2C(=O)C=CC2=O)C(C)C)cc1CC[C@H]1C[C@@H](O)[C@H](O)[C@@H](C(=O)O)O1. The third kappa shape index (κ3) is 12.2. The van der Waals surface area contributed by atoms with E-state index in [1.807, 2.05) is 0 Å². The van der Waals surface area contributed by atoms with E-state index < -0.39 is 60.3 Å². The van der Waals surface area contributed by atoms with Crippen LogP contribution in [0.4, 0.5) is 5.69 Å². The lowest BCUT2D eigenvalue weighted by atomic mass is 9.93. The first-order valence-corrected chi connectivity index (χ1v) is 17.6. The number of nitrogens with zero attached hydrogens (tertiary/aromatic N) is 1. The molecule has 1 fully saturated rings. The number of amides is 5. The fourth-order valence-corrected chi connectivity index (χ4v) is 5.78. The summed E-state index contributed by atoms with van der Waals surface area (Å²) in [4.78, 5) is 86.8. The van der Waals surface area contributed by atoms with Crippen LogP contribution in [-0.4, -0.2) is 105 Å². The Labute approximate surface area is 302 Å². The van der Waals surface area contributed by atoms with Crippen LogP contribution in [0.15, 0.2) is 30.4 Å². The number of esters is 1. The minimum atomic E-state index is -1.58. The molecule has 3 rings (SSSR count). The molecule has 0 radical (unpaired) electrons. The van der Waals surface area contributed by atoms with Gasteiger partial charge in [0.05, 0.1) is 12.2 Å². The van der Waals surface area contributed by atoms with E-state index in [4.69, 9.17) is 9.47 Å². The van der Waals surface area contributed by atoms with Crippen LogP contribution in [-0.2, 0) is 56.1 Å². The summed E-state index contributed by atoms with van der Waals surface area (Å²) in [7, 11) is 0. The van der Waals surface area contributed by atoms with Gasteiger partial charge in [-0.25, -0.2) is 4.79 Å². The normalized spacial score (nSPS) is 21.1. The smallest absolute Gasteiger partial charge is 0.335 e. The lowest BCUT2D eigenvalue weighted by Crippen LogP contribution is -2.53. The van der Waals surface area contributed by atoms with E-state index in [0.29, 0.717) is 42.5 Å². The predicted molar refractivity (Wildman–Crippen MR) is 185 cm³/mol. The molecule has 6 N–H and O–H groups in total. The van der Waals surface area contributed by atoms with Crippen LogP contribution < -0.4 is 16.0 Å². The van der Waals surface area contributed by atoms with E-state index in [2.05, 4.69) is 16.0 Å². The second kappa shape index (κ2) is 19.8. The zero-order valence-corrected chi connectivity index (χ0v) is 30.0. The molecule has 52 heavy (non-hydrogen) atoms. The molecule has 1 aromatic rings. The Kier molecular flexibility index (Phi) is 15.9. The quantitative estimate of drug-likeness (QED) is 0.0667. The van der Waals surface area contributed by atoms with E-state index in [1.54, 1.807) is 39.0 Å². The number of unbranched alkanes of at least 4 members (excludes halogenated alkanes) is 2. The molecule has 0 aliphatic carbocycles. The maximum atomic E-state index is 13.2. The molecule has 0 aromatic heterocycles. The number of aliphatic hydroxyl groups excluding tert-OH is 2. The number of benzene rings is 1. The number of carboxylic acids is 1. The van der Waals surface area contributed by atoms with Crippen LogP contribution >= 0.6 is 0 Å². The average Bonchev–Trinajstić information content (AvgIpc) is 3.42. The van der Waals surface area contributed by atoms with Crippen molar-refractivity contribution in [1.82, 2.24) is 15.5 Å². The maximum Gasteiger partial charge on any atom is 0.335 e. The molecule has 0 spiro atoms. The Hall–Kier alpha value is -4.67. The summed E-state index contributed by atoms with van der Waals surface area (Å²) in [5.41, 5.74) is 1.67. The molecule has 2 aliphatic rings. The molecule has 0 unspecified atom stereocenters. The van der Waals surface area contributed by atoms with E-state index in [0.717, 1.165) is 4.90 Å². The van der Waals surface area contributed by atoms with Crippen molar-refractivity contribution in [3.05, 3.63) is 41.5 Å². The van der Waals surface area contributed by atoms with Gasteiger partial charge >= 0.3 is 11.9 Å². The summed E-state index contributed by atoms with van der Waals surface area (Å²) < 4.78 is 10.8. The van der Waals surface area contributed by atoms with Crippen molar-refractivity contribution in [3.8, 4) is 0 Å². The highest BCUT2D eigenvalue weighted by atomic mass is 16.5. The fraction of sp³-hybridized carbons (Fsp3) is 0.583. The van der Waals surface area contributed by atoms with Gasteiger partial charge in [-0.1, -0.05) is 33.3 Å². The Morgan fingerprint density at radius 1 is 0.962 bits per heavy atom. The lowest BCUT2D eigenvalue weighted by Gasteiger charge is -2.35. The Morgan fingerprint density at radius 3 is 2.29 bits per heavy atom. The van der Waals surface area contributed by atoms with Crippen molar-refractivity contribution in [1.29, 1.82) is 0 Å². The zero-order valence-electron chi connectivity index (χ0n) is 30.0. The number of rotatable bonds is 19. The Morgan fingerprint density at radius 2 is 1.65 bits per heavy atom. The standard InChI is InChI=1S/C36H50N4O12/c1-5-30(45)51-19-23-10-12-24(17-22(23)11-13-25-18-26(41)32(46)33(52-25)36(49)50)38-34(47)21(4)37-35(48)31(20(2)3)39-27(42)9-7-6-8-16-40-28(43)14-15-29(40)44/h10,12,14-15,17,20-21,25-26,31-33,41,46H,5-9,11,13,16,18-19H2,1-4H3,(H,37,48)(H,38,47)(H,39,42)(H,49,50)/t21-,25-,26+,31-,32-,33-/m0/s1. The highest BCUT2D eigenvalue weighted by Gasteiger charge is 2.40. The molecule has 0 saturated carbocycles. The summed E-state index contributed by atoms with van der Waals surface area (Å²) in [6.07, 6.45) is -0.175. The molecule has 16 heteroatoms. The van der Waals surface area contributed by atoms with Gasteiger partial charge in [0, 0.05) is 43.6 Å². The van der Waals surface area contributed by atoms with Gasteiger partial charge in [0.2, 0.25) is 17.7 Å². The second-order valence-corrected chi connectivity index (χ2v) is 13.3. The Balaban J connectivity index is 1.56. The van der Waals surface area contributed by atoms with Crippen LogP contribution in [0.3, 0.4) is 0 Å². The first kappa shape index (κ1) is 41.7. The molecule has 1 aromatic carbocycles. The molecule has 2 aliphatic heterocycles. The molecule has 6 atom stereocenters. The molecule has 0 bridgehead atoms. The first-order chi connectivity index (χ1) is 24.6. The summed E-state index contributed by atoms with van der Waals surface area (Å²) in [5.74, 6) is -4.23. The van der Waals surface area contributed by atoms with E-state index in [9.17, 15) is 48.9 Å². The number of carbonyl (C=O) groups is 7. The van der Waals surface area contributed by atoms with Crippen LogP contribution in [0.25, 0.3) is 0 Å². The number of imide groups is 1. The van der Waals surface area contributed by atoms with Gasteiger partial charge in [-0.05, 0) is 61.8 Å². The van der Waals surface area contributed by atoms with Gasteiger partial charge in [-0.2, -0.15) is 0 Å². The topological polar surface area (TPSA) is 238 Å². The number of carboxylic acid groups (broad SMARTS) is 1. The summed E-state index contributed by atoms with van der Waals surface area (Å²) >= 11 is 0. The molecule has 2 heterocycles. The minimum Gasteiger partial charge on any atom is -0.479 e. The number of hydrogen-bond donors (Lipinski definition) is 6. The van der Waals surface area contributed by atoms with Gasteiger partial charge in [0.15, 0.2) is 6.10 Å². The zero-order chi connectivity index (χ0) is 38.5. The lowest BCUT2D eigenvalue weighted by molar-refractivity contribution is -0.193. The molecule has 5 amide bonds. The van der Waals surface area contributed by atoms with Gasteiger partial charge in [0.1, 0.15) is 24.8 Å². The van der Waals surface area contributed by atoms with Crippen molar-refractivity contribution >= 4 is 47.2 Å². The average molecular weight is 731 g/mol. The van der Waals surface area contributed by atoms with Crippen molar-refractivity contribution < 1.29 is 58.4 Å². The van der Waals surface area contributed by atoms with Crippen LogP contribution in [0.5, 0.6) is 0 Å². The summed E-state index contributed by atoms with van der Waals surface area (Å²) in [6, 6.07) is 3.04. The largest absolute Gasteiger partial charge is 0.479 e. The minimum absolute atomic E-state index is 0.0138. The second-order valence-electron chi connectivity index (χ2n) is 13.3. The molecule has 1 saturated heterocycles. The molecule has 16 nitrogen and oxygen atoms in total. The van der Waals surface area contributed by atoms with Crippen molar-refractivity contribution in [3.63, 3.8) is 0 Å². The van der Waals surface area contributed by atoms with Crippen LogP contribution in [0, 0.1) is 5.92 Å². The van der Waals surface area contributed by atoms with Crippen molar-refractivity contribution in [2.24, 2.45) is 5.92 Å². The fourth-order valence-electron chi connectivity index (χ4n) is 5.78. The number of hydrogen-bond acceptors (Lipinski definition) is 11. The summed E-state index contributed by atoms with van der Waals surface area (Å²) in [6.45, 7) is 6.90. The third-order valence-corrected chi connectivity index (χ3v) is 8.88. The van der Waals surface area contributed by atoms with Gasteiger partial charge in [-0.15, -0.1) is 0 Å². The van der Waals surface area contributed by atoms with Crippen molar-refractivity contribution in [2.45, 2.75) is 122 Å². The van der Waals surface area contributed by atoms with Crippen LogP contribution in [0.1, 0.15) is 83.8 Å². The number of aliphatic hydroxyl groups is 2. The highest BCUT2D eigenvalue weighted by Crippen LogP contribution is 2.26. The van der Waals surface area contributed by atoms with E-state index in [1.165, 1.54) is 19.1 Å². The number of aliphatic carboxylic acids is 1. The third-order valence-electron chi connectivity index (χ3n) is 8.88. The highest BCUT2D eigenvalue weighted by molar-refractivity contribution is 6.12.